The first-order chi connectivity index (χ1) is 18.7. The van der Waals surface area contributed by atoms with Crippen LogP contribution in [-0.2, 0) is 0 Å². The highest BCUT2D eigenvalue weighted by atomic mass is 19.1. The zero-order chi connectivity index (χ0) is 25.5. The van der Waals surface area contributed by atoms with Crippen molar-refractivity contribution in [3.05, 3.63) is 79.0 Å². The fourth-order valence-corrected chi connectivity index (χ4v) is 4.99. The summed E-state index contributed by atoms with van der Waals surface area (Å²) in [5.41, 5.74) is 6.59. The van der Waals surface area contributed by atoms with Gasteiger partial charge in [0.05, 0.1) is 22.9 Å². The molecule has 5 heterocycles. The molecule has 1 fully saturated rings. The van der Waals surface area contributed by atoms with Crippen molar-refractivity contribution in [3.8, 4) is 39.7 Å². The van der Waals surface area contributed by atoms with Gasteiger partial charge in [-0.15, -0.1) is 0 Å². The Balaban J connectivity index is 1.25. The van der Waals surface area contributed by atoms with Gasteiger partial charge in [0, 0.05) is 28.9 Å². The maximum Gasteiger partial charge on any atom is 0.159 e. The van der Waals surface area contributed by atoms with Crippen LogP contribution in [0.25, 0.3) is 55.8 Å². The second kappa shape index (κ2) is 9.35. The van der Waals surface area contributed by atoms with Crippen molar-refractivity contribution in [3.63, 3.8) is 0 Å². The number of H-pyrrole nitrogens is 2. The van der Waals surface area contributed by atoms with Gasteiger partial charge < -0.3 is 15.0 Å². The van der Waals surface area contributed by atoms with Crippen molar-refractivity contribution in [2.75, 3.05) is 13.1 Å². The molecule has 1 aliphatic heterocycles. The third kappa shape index (κ3) is 4.16. The summed E-state index contributed by atoms with van der Waals surface area (Å²) in [7, 11) is 0. The number of nitrogens with zero attached hydrogens (tertiary/aromatic N) is 4. The van der Waals surface area contributed by atoms with Gasteiger partial charge in [-0.3, -0.25) is 15.1 Å². The Morgan fingerprint density at radius 3 is 2.55 bits per heavy atom. The Kier molecular flexibility index (Phi) is 5.55. The Bertz CT molecular complexity index is 1750. The first kappa shape index (κ1) is 22.6. The van der Waals surface area contributed by atoms with Gasteiger partial charge in [-0.25, -0.2) is 9.37 Å². The molecule has 0 saturated carbocycles. The molecule has 0 aliphatic carbocycles. The predicted octanol–water partition coefficient (Wildman–Crippen LogP) is 5.50. The van der Waals surface area contributed by atoms with Gasteiger partial charge >= 0.3 is 0 Å². The molecule has 8 nitrogen and oxygen atoms in total. The van der Waals surface area contributed by atoms with E-state index in [-0.39, 0.29) is 11.9 Å². The van der Waals surface area contributed by atoms with Crippen LogP contribution >= 0.6 is 0 Å². The fourth-order valence-electron chi connectivity index (χ4n) is 4.99. The number of rotatable bonds is 5. The zero-order valence-electron chi connectivity index (χ0n) is 20.4. The topological polar surface area (TPSA) is 104 Å². The Morgan fingerprint density at radius 1 is 0.842 bits per heavy atom. The van der Waals surface area contributed by atoms with Crippen LogP contribution in [0.5, 0.6) is 5.75 Å². The number of halogens is 1. The predicted molar refractivity (Wildman–Crippen MR) is 144 cm³/mol. The third-order valence-corrected chi connectivity index (χ3v) is 6.94. The van der Waals surface area contributed by atoms with Crippen LogP contribution in [0, 0.1) is 5.82 Å². The molecule has 9 heteroatoms. The van der Waals surface area contributed by atoms with Crippen molar-refractivity contribution >= 4 is 21.9 Å². The van der Waals surface area contributed by atoms with E-state index >= 15 is 0 Å². The smallest absolute Gasteiger partial charge is 0.159 e. The molecule has 1 saturated heterocycles. The monoisotopic (exact) mass is 505 g/mol. The molecule has 2 aromatic carbocycles. The Morgan fingerprint density at radius 2 is 1.68 bits per heavy atom. The highest BCUT2D eigenvalue weighted by molar-refractivity contribution is 5.97. The van der Waals surface area contributed by atoms with Crippen LogP contribution in [0.1, 0.15) is 12.8 Å². The lowest BCUT2D eigenvalue weighted by molar-refractivity contribution is 0.162. The van der Waals surface area contributed by atoms with E-state index in [1.165, 1.54) is 12.1 Å². The standard InChI is InChI=1S/C29H24FN7O/c30-20-4-1-17(2-5-20)26-28-25(9-12-33-26)34-29(35-28)27-23-14-18(3-6-24(23)36-37-27)19-13-22(16-32-15-19)38-21-7-10-31-11-8-21/h1-6,9,12-16,21,31H,7-8,10-11H2,(H,34,35)(H,36,37). The van der Waals surface area contributed by atoms with Gasteiger partial charge in [0.25, 0.3) is 0 Å². The highest BCUT2D eigenvalue weighted by Crippen LogP contribution is 2.33. The average Bonchev–Trinajstić information content (AvgIpc) is 3.58. The van der Waals surface area contributed by atoms with Crippen molar-refractivity contribution < 1.29 is 9.13 Å². The SMILES string of the molecule is Fc1ccc(-c2nccc3[nH]c(-c4n[nH]c5ccc(-c6cncc(OC7CCNCC7)c6)cc45)nc23)cc1. The molecule has 0 atom stereocenters. The number of ether oxygens (including phenoxy) is 1. The van der Waals surface area contributed by atoms with Gasteiger partial charge in [0.1, 0.15) is 28.9 Å². The number of imidazole rings is 1. The highest BCUT2D eigenvalue weighted by Gasteiger charge is 2.18. The van der Waals surface area contributed by atoms with Crippen molar-refractivity contribution in [2.45, 2.75) is 18.9 Å². The summed E-state index contributed by atoms with van der Waals surface area (Å²) in [6.45, 7) is 1.95. The lowest BCUT2D eigenvalue weighted by Crippen LogP contribution is -2.34. The second-order valence-electron chi connectivity index (χ2n) is 9.46. The van der Waals surface area contributed by atoms with E-state index in [0.717, 1.165) is 64.8 Å². The number of piperidine rings is 1. The lowest BCUT2D eigenvalue weighted by Gasteiger charge is -2.23. The summed E-state index contributed by atoms with van der Waals surface area (Å²) in [6.07, 6.45) is 7.52. The maximum absolute atomic E-state index is 13.5. The van der Waals surface area contributed by atoms with E-state index in [4.69, 9.17) is 9.72 Å². The molecule has 188 valence electrons. The van der Waals surface area contributed by atoms with Gasteiger partial charge in [-0.2, -0.15) is 5.10 Å². The van der Waals surface area contributed by atoms with Crippen LogP contribution in [-0.4, -0.2) is 49.3 Å². The second-order valence-corrected chi connectivity index (χ2v) is 9.46. The number of aromatic nitrogens is 6. The Hall–Kier alpha value is -4.63. The van der Waals surface area contributed by atoms with Gasteiger partial charge in [-0.05, 0) is 80.0 Å². The minimum atomic E-state index is -0.291. The van der Waals surface area contributed by atoms with E-state index in [1.807, 2.05) is 30.5 Å². The van der Waals surface area contributed by atoms with Crippen molar-refractivity contribution in [1.29, 1.82) is 0 Å². The molecule has 6 aromatic rings. The van der Waals surface area contributed by atoms with E-state index in [2.05, 4.69) is 36.5 Å². The van der Waals surface area contributed by atoms with Crippen LogP contribution in [0.2, 0.25) is 0 Å². The summed E-state index contributed by atoms with van der Waals surface area (Å²) in [5, 5.41) is 12.0. The molecular formula is C29H24FN7O. The van der Waals surface area contributed by atoms with Crippen LogP contribution in [0.15, 0.2) is 73.2 Å². The average molecular weight is 506 g/mol. The summed E-state index contributed by atoms with van der Waals surface area (Å²) >= 11 is 0. The van der Waals surface area contributed by atoms with Crippen molar-refractivity contribution in [1.82, 2.24) is 35.5 Å². The Labute approximate surface area is 217 Å². The van der Waals surface area contributed by atoms with Gasteiger partial charge in [-0.1, -0.05) is 6.07 Å². The lowest BCUT2D eigenvalue weighted by atomic mass is 10.0. The minimum Gasteiger partial charge on any atom is -0.489 e. The van der Waals surface area contributed by atoms with E-state index in [0.29, 0.717) is 22.7 Å². The largest absolute Gasteiger partial charge is 0.489 e. The van der Waals surface area contributed by atoms with Crippen LogP contribution in [0.4, 0.5) is 4.39 Å². The molecule has 0 amide bonds. The molecule has 38 heavy (non-hydrogen) atoms. The third-order valence-electron chi connectivity index (χ3n) is 6.94. The number of aromatic amines is 2. The number of hydrogen-bond donors (Lipinski definition) is 3. The molecule has 0 bridgehead atoms. The van der Waals surface area contributed by atoms with Crippen LogP contribution in [0.3, 0.4) is 0 Å². The molecule has 0 radical (unpaired) electrons. The quantitative estimate of drug-likeness (QED) is 0.286. The normalized spacial score (nSPS) is 14.3. The number of pyridine rings is 2. The number of nitrogens with one attached hydrogen (secondary N) is 3. The molecule has 3 N–H and O–H groups in total. The molecular weight excluding hydrogens is 481 g/mol. The van der Waals surface area contributed by atoms with E-state index < -0.39 is 0 Å². The number of hydrogen-bond acceptors (Lipinski definition) is 6. The summed E-state index contributed by atoms with van der Waals surface area (Å²) in [6, 6.07) is 16.3. The first-order valence-electron chi connectivity index (χ1n) is 12.6. The van der Waals surface area contributed by atoms with Crippen LogP contribution < -0.4 is 10.1 Å². The summed E-state index contributed by atoms with van der Waals surface area (Å²) in [4.78, 5) is 17.2. The van der Waals surface area contributed by atoms with E-state index in [9.17, 15) is 4.39 Å². The fraction of sp³-hybridized carbons (Fsp3) is 0.172. The molecule has 4 aromatic heterocycles. The summed E-state index contributed by atoms with van der Waals surface area (Å²) < 4.78 is 19.7. The molecule has 0 unspecified atom stereocenters. The number of benzene rings is 2. The van der Waals surface area contributed by atoms with Gasteiger partial charge in [0.15, 0.2) is 5.82 Å². The molecule has 7 rings (SSSR count). The summed E-state index contributed by atoms with van der Waals surface area (Å²) in [5.74, 6) is 1.11. The maximum atomic E-state index is 13.5. The first-order valence-corrected chi connectivity index (χ1v) is 12.6. The van der Waals surface area contributed by atoms with Crippen molar-refractivity contribution in [2.24, 2.45) is 0 Å². The van der Waals surface area contributed by atoms with E-state index in [1.54, 1.807) is 24.5 Å². The van der Waals surface area contributed by atoms with Gasteiger partial charge in [0.2, 0.25) is 0 Å². The molecule has 1 aliphatic rings. The molecule has 0 spiro atoms. The zero-order valence-corrected chi connectivity index (χ0v) is 20.4. The number of fused-ring (bicyclic) bond motifs is 2. The minimum absolute atomic E-state index is 0.207.